The molecule has 0 amide bonds. The molecule has 0 aliphatic carbocycles. The van der Waals surface area contributed by atoms with Gasteiger partial charge in [0.15, 0.2) is 0 Å². The molecule has 0 radical (unpaired) electrons. The Morgan fingerprint density at radius 1 is 1.20 bits per heavy atom. The van der Waals surface area contributed by atoms with Crippen molar-refractivity contribution in [3.05, 3.63) is 0 Å². The van der Waals surface area contributed by atoms with Crippen LogP contribution in [0.5, 0.6) is 0 Å². The van der Waals surface area contributed by atoms with E-state index in [-0.39, 0.29) is 12.1 Å². The van der Waals surface area contributed by atoms with Gasteiger partial charge in [0.2, 0.25) is 0 Å². The lowest BCUT2D eigenvalue weighted by atomic mass is 9.96. The third kappa shape index (κ3) is 4.42. The number of hydrogen-bond donors (Lipinski definition) is 2. The molecule has 2 aliphatic rings. The number of likely N-dealkylation sites (tertiary alicyclic amines) is 2. The second-order valence-corrected chi connectivity index (χ2v) is 6.91. The number of nitrogens with one attached hydrogen (secondary N) is 1. The van der Waals surface area contributed by atoms with Gasteiger partial charge in [0, 0.05) is 18.1 Å². The minimum atomic E-state index is -0.0942. The molecule has 0 spiro atoms. The van der Waals surface area contributed by atoms with Crippen LogP contribution in [0.4, 0.5) is 0 Å². The first-order valence-electron chi connectivity index (χ1n) is 8.43. The van der Waals surface area contributed by atoms with E-state index in [0.717, 1.165) is 12.5 Å². The molecular formula is C16H33N3O. The molecule has 2 rings (SSSR count). The van der Waals surface area contributed by atoms with Crippen LogP contribution in [0.2, 0.25) is 0 Å². The van der Waals surface area contributed by atoms with E-state index in [1.165, 1.54) is 64.8 Å². The number of aliphatic hydroxyl groups is 1. The highest BCUT2D eigenvalue weighted by atomic mass is 16.3. The van der Waals surface area contributed by atoms with Crippen LogP contribution in [-0.4, -0.2) is 72.9 Å². The van der Waals surface area contributed by atoms with E-state index < -0.39 is 0 Å². The molecule has 2 atom stereocenters. The highest BCUT2D eigenvalue weighted by Crippen LogP contribution is 2.21. The van der Waals surface area contributed by atoms with E-state index in [1.54, 1.807) is 0 Å². The van der Waals surface area contributed by atoms with Gasteiger partial charge in [0.1, 0.15) is 0 Å². The number of hydrogen-bond acceptors (Lipinski definition) is 4. The van der Waals surface area contributed by atoms with Crippen molar-refractivity contribution in [3.8, 4) is 0 Å². The fourth-order valence-corrected chi connectivity index (χ4v) is 3.55. The van der Waals surface area contributed by atoms with Crippen molar-refractivity contribution in [3.63, 3.8) is 0 Å². The molecule has 2 heterocycles. The van der Waals surface area contributed by atoms with Crippen molar-refractivity contribution >= 4 is 0 Å². The average molecular weight is 283 g/mol. The van der Waals surface area contributed by atoms with Gasteiger partial charge in [-0.1, -0.05) is 6.42 Å². The lowest BCUT2D eigenvalue weighted by Crippen LogP contribution is -2.43. The summed E-state index contributed by atoms with van der Waals surface area (Å²) in [6.45, 7) is 8.78. The molecule has 2 fully saturated rings. The Hall–Kier alpha value is -0.160. The Morgan fingerprint density at radius 3 is 2.60 bits per heavy atom. The Bertz CT molecular complexity index is 275. The SMILES string of the molecule is CNC(C)(CO)CCCCN1CCC(N2CCCC2)C1. The largest absolute Gasteiger partial charge is 0.394 e. The molecule has 0 bridgehead atoms. The van der Waals surface area contributed by atoms with Gasteiger partial charge in [-0.2, -0.15) is 0 Å². The van der Waals surface area contributed by atoms with Crippen molar-refractivity contribution in [2.24, 2.45) is 0 Å². The summed E-state index contributed by atoms with van der Waals surface area (Å²) in [6, 6.07) is 0.831. The van der Waals surface area contributed by atoms with Gasteiger partial charge in [-0.05, 0) is 72.3 Å². The monoisotopic (exact) mass is 283 g/mol. The summed E-state index contributed by atoms with van der Waals surface area (Å²) in [5.74, 6) is 0. The van der Waals surface area contributed by atoms with Crippen LogP contribution >= 0.6 is 0 Å². The maximum atomic E-state index is 9.37. The van der Waals surface area contributed by atoms with Gasteiger partial charge in [0.05, 0.1) is 6.61 Å². The first-order chi connectivity index (χ1) is 9.67. The summed E-state index contributed by atoms with van der Waals surface area (Å²) in [7, 11) is 1.94. The topological polar surface area (TPSA) is 38.7 Å². The number of aliphatic hydroxyl groups excluding tert-OH is 1. The summed E-state index contributed by atoms with van der Waals surface area (Å²) in [5, 5.41) is 12.6. The van der Waals surface area contributed by atoms with Gasteiger partial charge >= 0.3 is 0 Å². The molecule has 4 heteroatoms. The second-order valence-electron chi connectivity index (χ2n) is 6.91. The van der Waals surface area contributed by atoms with Crippen LogP contribution in [0.3, 0.4) is 0 Å². The molecule has 2 N–H and O–H groups in total. The molecular weight excluding hydrogens is 250 g/mol. The Kier molecular flexibility index (Phi) is 6.27. The van der Waals surface area contributed by atoms with Crippen LogP contribution in [0.15, 0.2) is 0 Å². The Balaban J connectivity index is 1.59. The zero-order chi connectivity index (χ0) is 14.4. The lowest BCUT2D eigenvalue weighted by Gasteiger charge is -2.27. The van der Waals surface area contributed by atoms with Crippen LogP contribution in [-0.2, 0) is 0 Å². The fraction of sp³-hybridized carbons (Fsp3) is 1.00. The summed E-state index contributed by atoms with van der Waals surface area (Å²) in [4.78, 5) is 5.34. The van der Waals surface area contributed by atoms with Gasteiger partial charge in [-0.25, -0.2) is 0 Å². The predicted octanol–water partition coefficient (Wildman–Crippen LogP) is 1.30. The Morgan fingerprint density at radius 2 is 1.95 bits per heavy atom. The van der Waals surface area contributed by atoms with Crippen molar-refractivity contribution in [2.75, 3.05) is 46.4 Å². The van der Waals surface area contributed by atoms with E-state index in [9.17, 15) is 5.11 Å². The standard InChI is InChI=1S/C16H33N3O/c1-16(14-20,17-2)8-3-4-9-18-12-7-15(13-18)19-10-5-6-11-19/h15,17,20H,3-14H2,1-2H3. The smallest absolute Gasteiger partial charge is 0.0610 e. The van der Waals surface area contributed by atoms with Crippen molar-refractivity contribution in [1.82, 2.24) is 15.1 Å². The van der Waals surface area contributed by atoms with Crippen LogP contribution in [0, 0.1) is 0 Å². The van der Waals surface area contributed by atoms with Gasteiger partial charge < -0.3 is 15.3 Å². The van der Waals surface area contributed by atoms with Crippen molar-refractivity contribution < 1.29 is 5.11 Å². The number of rotatable bonds is 8. The quantitative estimate of drug-likeness (QED) is 0.659. The summed E-state index contributed by atoms with van der Waals surface area (Å²) < 4.78 is 0. The van der Waals surface area contributed by atoms with Crippen molar-refractivity contribution in [1.29, 1.82) is 0 Å². The maximum Gasteiger partial charge on any atom is 0.0610 e. The number of unbranched alkanes of at least 4 members (excludes halogenated alkanes) is 1. The molecule has 20 heavy (non-hydrogen) atoms. The Labute approximate surface area is 124 Å². The lowest BCUT2D eigenvalue weighted by molar-refractivity contribution is 0.168. The minimum absolute atomic E-state index is 0.0942. The van der Waals surface area contributed by atoms with Crippen LogP contribution in [0.25, 0.3) is 0 Å². The molecule has 4 nitrogen and oxygen atoms in total. The minimum Gasteiger partial charge on any atom is -0.394 e. The highest BCUT2D eigenvalue weighted by molar-refractivity contribution is 4.86. The highest BCUT2D eigenvalue weighted by Gasteiger charge is 2.28. The maximum absolute atomic E-state index is 9.37. The van der Waals surface area contributed by atoms with Crippen LogP contribution < -0.4 is 5.32 Å². The molecule has 0 aromatic carbocycles. The molecule has 0 aromatic rings. The first kappa shape index (κ1) is 16.2. The summed E-state index contributed by atoms with van der Waals surface area (Å²) >= 11 is 0. The van der Waals surface area contributed by atoms with E-state index in [1.807, 2.05) is 7.05 Å². The zero-order valence-electron chi connectivity index (χ0n) is 13.4. The van der Waals surface area contributed by atoms with E-state index >= 15 is 0 Å². The molecule has 2 unspecified atom stereocenters. The normalized spacial score (nSPS) is 28.1. The molecule has 118 valence electrons. The summed E-state index contributed by atoms with van der Waals surface area (Å²) in [5.41, 5.74) is -0.0942. The fourth-order valence-electron chi connectivity index (χ4n) is 3.55. The first-order valence-corrected chi connectivity index (χ1v) is 8.43. The third-order valence-electron chi connectivity index (χ3n) is 5.31. The zero-order valence-corrected chi connectivity index (χ0v) is 13.4. The van der Waals surface area contributed by atoms with Gasteiger partial charge in [0.25, 0.3) is 0 Å². The van der Waals surface area contributed by atoms with E-state index in [0.29, 0.717) is 0 Å². The van der Waals surface area contributed by atoms with Crippen LogP contribution in [0.1, 0.15) is 45.4 Å². The van der Waals surface area contributed by atoms with Gasteiger partial charge in [-0.15, -0.1) is 0 Å². The number of likely N-dealkylation sites (N-methyl/N-ethyl adjacent to an activating group) is 1. The number of nitrogens with zero attached hydrogens (tertiary/aromatic N) is 2. The molecule has 0 saturated carbocycles. The average Bonchev–Trinajstić information content (AvgIpc) is 3.13. The predicted molar refractivity (Wildman–Crippen MR) is 84.1 cm³/mol. The second kappa shape index (κ2) is 7.74. The molecule has 0 aromatic heterocycles. The molecule has 2 aliphatic heterocycles. The van der Waals surface area contributed by atoms with E-state index in [2.05, 4.69) is 22.0 Å². The third-order valence-corrected chi connectivity index (χ3v) is 5.31. The van der Waals surface area contributed by atoms with Crippen molar-refractivity contribution in [2.45, 2.75) is 57.0 Å². The van der Waals surface area contributed by atoms with Gasteiger partial charge in [-0.3, -0.25) is 4.90 Å². The molecule has 2 saturated heterocycles. The summed E-state index contributed by atoms with van der Waals surface area (Å²) in [6.07, 6.45) is 7.68. The van der Waals surface area contributed by atoms with E-state index in [4.69, 9.17) is 0 Å².